The van der Waals surface area contributed by atoms with E-state index in [1.165, 1.54) is 6.92 Å². The Balaban J connectivity index is 4.12. The van der Waals surface area contributed by atoms with E-state index >= 15 is 0 Å². The Morgan fingerprint density at radius 1 is 1.70 bits per heavy atom. The van der Waals surface area contributed by atoms with Crippen molar-refractivity contribution in [1.29, 1.82) is 0 Å². The molecule has 0 N–H and O–H groups in total. The molecule has 0 aromatic heterocycles. The molecule has 56 valence electrons. The van der Waals surface area contributed by atoms with Crippen LogP contribution in [0.4, 0.5) is 0 Å². The van der Waals surface area contributed by atoms with Gasteiger partial charge >= 0.3 is 5.97 Å². The van der Waals surface area contributed by atoms with Gasteiger partial charge in [-0.2, -0.15) is 0 Å². The van der Waals surface area contributed by atoms with Crippen molar-refractivity contribution in [3.8, 4) is 0 Å². The first-order valence-electron chi connectivity index (χ1n) is 3.04. The van der Waals surface area contributed by atoms with E-state index in [1.54, 1.807) is 19.9 Å². The van der Waals surface area contributed by atoms with E-state index in [4.69, 9.17) is 4.74 Å². The Bertz CT molecular complexity index is 174. The largest absolute Gasteiger partial charge is 0.455 e. The van der Waals surface area contributed by atoms with Gasteiger partial charge in [0.2, 0.25) is 0 Å². The number of ether oxygens (including phenoxy) is 1. The van der Waals surface area contributed by atoms with Gasteiger partial charge in [-0.3, -0.25) is 4.79 Å². The monoisotopic (exact) mass is 140 g/mol. The standard InChI is InChI=1S/C8H12O2/c1-5-6-8(3,4)10-7(2)9/h6H,1H2,2-4H3. The lowest BCUT2D eigenvalue weighted by Crippen LogP contribution is -2.23. The molecule has 0 saturated carbocycles. The molecule has 0 fully saturated rings. The van der Waals surface area contributed by atoms with Gasteiger partial charge in [-0.25, -0.2) is 0 Å². The molecule has 0 aromatic rings. The van der Waals surface area contributed by atoms with E-state index in [1.807, 2.05) is 0 Å². The maximum Gasteiger partial charge on any atom is 0.303 e. The predicted molar refractivity (Wildman–Crippen MR) is 39.6 cm³/mol. The molecular formula is C8H12O2. The molecule has 0 aliphatic heterocycles. The summed E-state index contributed by atoms with van der Waals surface area (Å²) < 4.78 is 4.88. The first kappa shape index (κ1) is 8.99. The van der Waals surface area contributed by atoms with E-state index in [0.29, 0.717) is 0 Å². The molecule has 0 unspecified atom stereocenters. The van der Waals surface area contributed by atoms with Crippen molar-refractivity contribution in [2.45, 2.75) is 26.4 Å². The Hall–Kier alpha value is -1.01. The summed E-state index contributed by atoms with van der Waals surface area (Å²) in [5.41, 5.74) is 1.99. The van der Waals surface area contributed by atoms with Crippen molar-refractivity contribution in [1.82, 2.24) is 0 Å². The van der Waals surface area contributed by atoms with Gasteiger partial charge in [-0.05, 0) is 19.9 Å². The fraction of sp³-hybridized carbons (Fsp3) is 0.500. The molecule has 0 rings (SSSR count). The summed E-state index contributed by atoms with van der Waals surface area (Å²) in [5.74, 6) is -0.295. The molecule has 0 aliphatic rings. The van der Waals surface area contributed by atoms with Crippen LogP contribution in [0.2, 0.25) is 0 Å². The molecule has 0 saturated heterocycles. The summed E-state index contributed by atoms with van der Waals surface area (Å²) in [5, 5.41) is 0. The van der Waals surface area contributed by atoms with E-state index in [2.05, 4.69) is 12.3 Å². The van der Waals surface area contributed by atoms with Crippen LogP contribution in [-0.2, 0) is 9.53 Å². The van der Waals surface area contributed by atoms with Gasteiger partial charge in [0.25, 0.3) is 0 Å². The van der Waals surface area contributed by atoms with Gasteiger partial charge in [0.1, 0.15) is 5.60 Å². The van der Waals surface area contributed by atoms with Crippen LogP contribution in [0.25, 0.3) is 0 Å². The number of carbonyl (C=O) groups is 1. The zero-order valence-electron chi connectivity index (χ0n) is 6.60. The van der Waals surface area contributed by atoms with Crippen molar-refractivity contribution >= 4 is 5.97 Å². The minimum atomic E-state index is -0.576. The van der Waals surface area contributed by atoms with Crippen LogP contribution < -0.4 is 0 Å². The number of rotatable bonds is 2. The third-order valence-electron chi connectivity index (χ3n) is 0.856. The summed E-state index contributed by atoms with van der Waals surface area (Å²) in [4.78, 5) is 10.4. The first-order chi connectivity index (χ1) is 4.48. The molecule has 0 aromatic carbocycles. The minimum Gasteiger partial charge on any atom is -0.455 e. The van der Waals surface area contributed by atoms with Crippen LogP contribution in [0, 0.1) is 0 Å². The normalized spacial score (nSPS) is 9.90. The van der Waals surface area contributed by atoms with Gasteiger partial charge in [-0.15, -0.1) is 5.73 Å². The summed E-state index contributed by atoms with van der Waals surface area (Å²) in [6, 6.07) is 0. The number of carbonyl (C=O) groups excluding carboxylic acids is 1. The molecule has 10 heavy (non-hydrogen) atoms. The van der Waals surface area contributed by atoms with E-state index in [-0.39, 0.29) is 5.97 Å². The average Bonchev–Trinajstić information content (AvgIpc) is 1.59. The van der Waals surface area contributed by atoms with Gasteiger partial charge < -0.3 is 4.74 Å². The summed E-state index contributed by atoms with van der Waals surface area (Å²) in [6.07, 6.45) is 1.61. The summed E-state index contributed by atoms with van der Waals surface area (Å²) >= 11 is 0. The molecule has 0 spiro atoms. The van der Waals surface area contributed by atoms with Crippen LogP contribution in [0.15, 0.2) is 18.4 Å². The highest BCUT2D eigenvalue weighted by molar-refractivity contribution is 5.66. The highest BCUT2D eigenvalue weighted by Gasteiger charge is 2.15. The third kappa shape index (κ3) is 3.93. The van der Waals surface area contributed by atoms with Gasteiger partial charge in [-0.1, -0.05) is 6.58 Å². The van der Waals surface area contributed by atoms with Crippen molar-refractivity contribution in [3.63, 3.8) is 0 Å². The van der Waals surface area contributed by atoms with Gasteiger partial charge in [0, 0.05) is 6.92 Å². The Morgan fingerprint density at radius 2 is 2.20 bits per heavy atom. The van der Waals surface area contributed by atoms with Crippen LogP contribution in [0.1, 0.15) is 20.8 Å². The maximum atomic E-state index is 10.4. The van der Waals surface area contributed by atoms with Crippen LogP contribution >= 0.6 is 0 Å². The second-order valence-electron chi connectivity index (χ2n) is 2.55. The minimum absolute atomic E-state index is 0.295. The van der Waals surface area contributed by atoms with Crippen molar-refractivity contribution < 1.29 is 9.53 Å². The predicted octanol–water partition coefficient (Wildman–Crippen LogP) is 1.67. The second kappa shape index (κ2) is 3.23. The SMILES string of the molecule is C=C=CC(C)(C)OC(C)=O. The topological polar surface area (TPSA) is 26.3 Å². The van der Waals surface area contributed by atoms with Crippen LogP contribution in [-0.4, -0.2) is 11.6 Å². The number of hydrogen-bond donors (Lipinski definition) is 0. The molecule has 0 aliphatic carbocycles. The zero-order valence-corrected chi connectivity index (χ0v) is 6.60. The van der Waals surface area contributed by atoms with Crippen molar-refractivity contribution in [2.75, 3.05) is 0 Å². The van der Waals surface area contributed by atoms with E-state index in [9.17, 15) is 4.79 Å². The zero-order chi connectivity index (χ0) is 8.20. The molecule has 2 nitrogen and oxygen atoms in total. The Kier molecular flexibility index (Phi) is 2.91. The smallest absolute Gasteiger partial charge is 0.303 e. The van der Waals surface area contributed by atoms with E-state index in [0.717, 1.165) is 0 Å². The Labute approximate surface area is 61.2 Å². The molecule has 0 heterocycles. The number of hydrogen-bond acceptors (Lipinski definition) is 2. The summed E-state index contributed by atoms with van der Waals surface area (Å²) in [7, 11) is 0. The molecule has 0 atom stereocenters. The highest BCUT2D eigenvalue weighted by atomic mass is 16.6. The van der Waals surface area contributed by atoms with Gasteiger partial charge in [0.15, 0.2) is 0 Å². The Morgan fingerprint density at radius 3 is 2.50 bits per heavy atom. The first-order valence-corrected chi connectivity index (χ1v) is 3.04. The van der Waals surface area contributed by atoms with Gasteiger partial charge in [0.05, 0.1) is 0 Å². The molecule has 2 heteroatoms. The molecular weight excluding hydrogens is 128 g/mol. The number of esters is 1. The fourth-order valence-corrected chi connectivity index (χ4v) is 0.646. The lowest BCUT2D eigenvalue weighted by Gasteiger charge is -2.18. The van der Waals surface area contributed by atoms with E-state index < -0.39 is 5.60 Å². The fourth-order valence-electron chi connectivity index (χ4n) is 0.646. The van der Waals surface area contributed by atoms with Crippen molar-refractivity contribution in [3.05, 3.63) is 18.4 Å². The third-order valence-corrected chi connectivity index (χ3v) is 0.856. The maximum absolute atomic E-state index is 10.4. The van der Waals surface area contributed by atoms with Crippen LogP contribution in [0.3, 0.4) is 0 Å². The lowest BCUT2D eigenvalue weighted by molar-refractivity contribution is -0.149. The lowest BCUT2D eigenvalue weighted by atomic mass is 10.1. The molecule has 0 amide bonds. The van der Waals surface area contributed by atoms with Crippen molar-refractivity contribution in [2.24, 2.45) is 0 Å². The average molecular weight is 140 g/mol. The summed E-state index contributed by atoms with van der Waals surface area (Å²) in [6.45, 7) is 8.30. The van der Waals surface area contributed by atoms with Crippen LogP contribution in [0.5, 0.6) is 0 Å². The molecule has 0 radical (unpaired) electrons. The highest BCUT2D eigenvalue weighted by Crippen LogP contribution is 2.09. The second-order valence-corrected chi connectivity index (χ2v) is 2.55. The molecule has 0 bridgehead atoms. The quantitative estimate of drug-likeness (QED) is 0.431.